The van der Waals surface area contributed by atoms with Gasteiger partial charge in [-0.15, -0.1) is 0 Å². The van der Waals surface area contributed by atoms with Crippen molar-refractivity contribution in [1.29, 1.82) is 0 Å². The Kier molecular flexibility index (Phi) is 10.6. The van der Waals surface area contributed by atoms with Gasteiger partial charge in [0.25, 0.3) is 11.8 Å². The van der Waals surface area contributed by atoms with Gasteiger partial charge in [-0.3, -0.25) is 19.5 Å². The lowest BCUT2D eigenvalue weighted by Gasteiger charge is -2.32. The van der Waals surface area contributed by atoms with E-state index < -0.39 is 27.9 Å². The van der Waals surface area contributed by atoms with Crippen LogP contribution in [0.4, 0.5) is 11.4 Å². The molecule has 1 saturated heterocycles. The molecule has 2 heterocycles. The highest BCUT2D eigenvalue weighted by atomic mass is 35.5. The summed E-state index contributed by atoms with van der Waals surface area (Å²) >= 11 is 12.2. The Balaban J connectivity index is 1.38. The first-order valence-corrected chi connectivity index (χ1v) is 15.5. The first-order valence-electron chi connectivity index (χ1n) is 13.3. The van der Waals surface area contributed by atoms with Crippen molar-refractivity contribution in [2.45, 2.75) is 23.8 Å². The number of anilines is 2. The van der Waals surface area contributed by atoms with E-state index in [2.05, 4.69) is 26.1 Å². The fraction of sp³-hybridized carbons (Fsp3) is 0.286. The van der Waals surface area contributed by atoms with Gasteiger partial charge in [-0.05, 0) is 63.3 Å². The third-order valence-electron chi connectivity index (χ3n) is 6.52. The number of sulfonamides is 1. The van der Waals surface area contributed by atoms with Gasteiger partial charge < -0.3 is 20.9 Å². The molecule has 0 aliphatic carbocycles. The van der Waals surface area contributed by atoms with Crippen LogP contribution in [0.15, 0.2) is 65.7 Å². The SMILES string of the molecule is CN(C)CC=CC(=O)Nc1ccc(S(=O)(=O)N2CCCC(NC(=O)c3[nH]ncc3NC(=O)c3c(Cl)cccc3Cl)C2)cc1. The number of nitrogens with zero attached hydrogens (tertiary/aromatic N) is 3. The maximum atomic E-state index is 13.4. The van der Waals surface area contributed by atoms with E-state index in [9.17, 15) is 22.8 Å². The molecule has 1 aliphatic heterocycles. The number of aromatic nitrogens is 2. The summed E-state index contributed by atoms with van der Waals surface area (Å²) in [5.41, 5.74) is 0.616. The smallest absolute Gasteiger partial charge is 0.271 e. The third kappa shape index (κ3) is 8.21. The zero-order valence-corrected chi connectivity index (χ0v) is 25.8. The molecule has 3 aromatic rings. The van der Waals surface area contributed by atoms with E-state index in [-0.39, 0.29) is 50.9 Å². The van der Waals surface area contributed by atoms with Crippen molar-refractivity contribution >= 4 is 62.3 Å². The molecule has 228 valence electrons. The van der Waals surface area contributed by atoms with Gasteiger partial charge in [-0.1, -0.05) is 35.3 Å². The van der Waals surface area contributed by atoms with E-state index in [4.69, 9.17) is 23.2 Å². The number of carbonyl (C=O) groups excluding carboxylic acids is 3. The lowest BCUT2D eigenvalue weighted by atomic mass is 10.1. The number of likely N-dealkylation sites (N-methyl/N-ethyl adjacent to an activating group) is 1. The molecule has 0 bridgehead atoms. The Hall–Kier alpha value is -3.75. The number of halogens is 2. The van der Waals surface area contributed by atoms with Crippen LogP contribution in [0.2, 0.25) is 10.0 Å². The molecular weight excluding hydrogens is 617 g/mol. The molecule has 15 heteroatoms. The summed E-state index contributed by atoms with van der Waals surface area (Å²) in [4.78, 5) is 40.0. The summed E-state index contributed by atoms with van der Waals surface area (Å²) in [7, 11) is -0.0952. The van der Waals surface area contributed by atoms with Crippen LogP contribution in [0.5, 0.6) is 0 Å². The number of H-pyrrole nitrogens is 1. The molecule has 1 fully saturated rings. The third-order valence-corrected chi connectivity index (χ3v) is 9.03. The van der Waals surface area contributed by atoms with Crippen molar-refractivity contribution in [1.82, 2.24) is 24.7 Å². The minimum Gasteiger partial charge on any atom is -0.347 e. The van der Waals surface area contributed by atoms with E-state index in [0.717, 1.165) is 0 Å². The summed E-state index contributed by atoms with van der Waals surface area (Å²) in [5, 5.41) is 14.9. The molecule has 12 nitrogen and oxygen atoms in total. The minimum absolute atomic E-state index is 0.00861. The average molecular weight is 649 g/mol. The topological polar surface area (TPSA) is 157 Å². The summed E-state index contributed by atoms with van der Waals surface area (Å²) in [5.74, 6) is -1.51. The molecule has 4 N–H and O–H groups in total. The second-order valence-electron chi connectivity index (χ2n) is 10.1. The fourth-order valence-electron chi connectivity index (χ4n) is 4.40. The molecule has 2 aromatic carbocycles. The molecule has 1 atom stereocenters. The zero-order chi connectivity index (χ0) is 31.1. The average Bonchev–Trinajstić information content (AvgIpc) is 3.41. The number of piperidine rings is 1. The van der Waals surface area contributed by atoms with Crippen LogP contribution in [0.3, 0.4) is 0 Å². The predicted octanol–water partition coefficient (Wildman–Crippen LogP) is 3.61. The summed E-state index contributed by atoms with van der Waals surface area (Å²) in [6, 6.07) is 10.1. The molecule has 1 unspecified atom stereocenters. The molecule has 0 radical (unpaired) electrons. The van der Waals surface area contributed by atoms with Gasteiger partial charge in [0.15, 0.2) is 0 Å². The number of aromatic amines is 1. The lowest BCUT2D eigenvalue weighted by molar-refractivity contribution is -0.111. The largest absolute Gasteiger partial charge is 0.347 e. The highest BCUT2D eigenvalue weighted by molar-refractivity contribution is 7.89. The Morgan fingerprint density at radius 1 is 1.07 bits per heavy atom. The summed E-state index contributed by atoms with van der Waals surface area (Å²) in [6.45, 7) is 0.947. The van der Waals surface area contributed by atoms with E-state index in [1.807, 2.05) is 19.0 Å². The van der Waals surface area contributed by atoms with Crippen LogP contribution in [-0.2, 0) is 14.8 Å². The molecule has 1 aromatic heterocycles. The quantitative estimate of drug-likeness (QED) is 0.245. The maximum Gasteiger partial charge on any atom is 0.271 e. The van der Waals surface area contributed by atoms with Crippen molar-refractivity contribution in [3.05, 3.63) is 82.1 Å². The highest BCUT2D eigenvalue weighted by Gasteiger charge is 2.32. The monoisotopic (exact) mass is 647 g/mol. The van der Waals surface area contributed by atoms with Gasteiger partial charge >= 0.3 is 0 Å². The van der Waals surface area contributed by atoms with Crippen molar-refractivity contribution in [3.63, 3.8) is 0 Å². The van der Waals surface area contributed by atoms with Crippen LogP contribution < -0.4 is 16.0 Å². The minimum atomic E-state index is -3.87. The molecule has 1 aliphatic rings. The van der Waals surface area contributed by atoms with Gasteiger partial charge in [0.2, 0.25) is 15.9 Å². The summed E-state index contributed by atoms with van der Waals surface area (Å²) in [6.07, 6.45) is 5.49. The molecule has 3 amide bonds. The van der Waals surface area contributed by atoms with Crippen molar-refractivity contribution < 1.29 is 22.8 Å². The van der Waals surface area contributed by atoms with E-state index >= 15 is 0 Å². The molecular formula is C28H31Cl2N7O5S. The van der Waals surface area contributed by atoms with Crippen LogP contribution >= 0.6 is 23.2 Å². The molecule has 0 spiro atoms. The molecule has 0 saturated carbocycles. The lowest BCUT2D eigenvalue weighted by Crippen LogP contribution is -2.49. The van der Waals surface area contributed by atoms with E-state index in [1.54, 1.807) is 12.1 Å². The van der Waals surface area contributed by atoms with Crippen LogP contribution in [0.1, 0.15) is 33.7 Å². The van der Waals surface area contributed by atoms with Gasteiger partial charge in [0.05, 0.1) is 32.4 Å². The number of hydrogen-bond acceptors (Lipinski definition) is 7. The second-order valence-corrected chi connectivity index (χ2v) is 12.8. The number of hydrogen-bond donors (Lipinski definition) is 4. The van der Waals surface area contributed by atoms with Crippen molar-refractivity contribution in [3.8, 4) is 0 Å². The van der Waals surface area contributed by atoms with E-state index in [0.29, 0.717) is 25.1 Å². The Labute approximate surface area is 259 Å². The summed E-state index contributed by atoms with van der Waals surface area (Å²) < 4.78 is 28.1. The second kappa shape index (κ2) is 14.1. The number of benzene rings is 2. The predicted molar refractivity (Wildman–Crippen MR) is 165 cm³/mol. The Morgan fingerprint density at radius 2 is 1.77 bits per heavy atom. The van der Waals surface area contributed by atoms with Crippen LogP contribution in [0.25, 0.3) is 0 Å². The zero-order valence-electron chi connectivity index (χ0n) is 23.4. The number of amides is 3. The highest BCUT2D eigenvalue weighted by Crippen LogP contribution is 2.26. The Bertz CT molecular complexity index is 1600. The number of nitrogens with one attached hydrogen (secondary N) is 4. The van der Waals surface area contributed by atoms with E-state index in [1.165, 1.54) is 53.0 Å². The maximum absolute atomic E-state index is 13.4. The normalized spacial score (nSPS) is 15.9. The standard InChI is InChI=1S/C28H31Cl2N7O5S/c1-36(2)14-5-9-24(38)32-18-10-12-20(13-11-18)43(41,42)37-15-4-6-19(17-37)33-28(40)26-23(16-31-35-26)34-27(39)25-21(29)7-3-8-22(25)30/h3,5,7-13,16,19H,4,6,14-15,17H2,1-2H3,(H,31,35)(H,32,38)(H,33,40)(H,34,39). The first-order chi connectivity index (χ1) is 20.5. The number of carbonyl (C=O) groups is 3. The molecule has 43 heavy (non-hydrogen) atoms. The van der Waals surface area contributed by atoms with Gasteiger partial charge in [0.1, 0.15) is 5.69 Å². The Morgan fingerprint density at radius 3 is 2.44 bits per heavy atom. The number of rotatable bonds is 10. The first kappa shape index (κ1) is 32.2. The molecule has 4 rings (SSSR count). The van der Waals surface area contributed by atoms with Gasteiger partial charge in [0, 0.05) is 37.4 Å². The van der Waals surface area contributed by atoms with Crippen LogP contribution in [0, 0.1) is 0 Å². The fourth-order valence-corrected chi connectivity index (χ4v) is 6.50. The van der Waals surface area contributed by atoms with Crippen LogP contribution in [-0.4, -0.2) is 85.3 Å². The van der Waals surface area contributed by atoms with Crippen molar-refractivity contribution in [2.24, 2.45) is 0 Å². The van der Waals surface area contributed by atoms with Gasteiger partial charge in [-0.25, -0.2) is 8.42 Å². The van der Waals surface area contributed by atoms with Crippen molar-refractivity contribution in [2.75, 3.05) is 44.4 Å². The van der Waals surface area contributed by atoms with Gasteiger partial charge in [-0.2, -0.15) is 9.40 Å².